The van der Waals surface area contributed by atoms with Crippen molar-refractivity contribution in [3.8, 4) is 5.75 Å². The summed E-state index contributed by atoms with van der Waals surface area (Å²) >= 11 is 0. The number of hydrogen-bond donors (Lipinski definition) is 1. The van der Waals surface area contributed by atoms with E-state index in [0.717, 1.165) is 17.7 Å². The van der Waals surface area contributed by atoms with Gasteiger partial charge in [0.2, 0.25) is 0 Å². The van der Waals surface area contributed by atoms with Crippen LogP contribution in [0.1, 0.15) is 25.8 Å². The van der Waals surface area contributed by atoms with Crippen molar-refractivity contribution in [2.75, 3.05) is 13.2 Å². The van der Waals surface area contributed by atoms with E-state index in [0.29, 0.717) is 13.2 Å². The zero-order chi connectivity index (χ0) is 13.2. The molecule has 1 rings (SSSR count). The molecule has 1 N–H and O–H groups in total. The zero-order valence-corrected chi connectivity index (χ0v) is 10.7. The van der Waals surface area contributed by atoms with Crippen molar-refractivity contribution in [1.29, 1.82) is 0 Å². The summed E-state index contributed by atoms with van der Waals surface area (Å²) in [6.07, 6.45) is 1.96. The van der Waals surface area contributed by atoms with Gasteiger partial charge in [0.05, 0.1) is 19.4 Å². The maximum absolute atomic E-state index is 10.9. The zero-order valence-electron chi connectivity index (χ0n) is 10.7. The number of rotatable bonds is 6. The van der Waals surface area contributed by atoms with E-state index in [9.17, 15) is 4.79 Å². The molecule has 5 nitrogen and oxygen atoms in total. The highest BCUT2D eigenvalue weighted by molar-refractivity contribution is 5.80. The number of carbonyl (C=O) groups excluding carboxylic acids is 1. The lowest BCUT2D eigenvalue weighted by molar-refractivity contribution is 0.152. The molecule has 0 aliphatic heterocycles. The Morgan fingerprint density at radius 3 is 2.67 bits per heavy atom. The van der Waals surface area contributed by atoms with Crippen molar-refractivity contribution in [3.05, 3.63) is 29.8 Å². The van der Waals surface area contributed by atoms with Crippen LogP contribution in [0.15, 0.2) is 29.4 Å². The molecule has 0 unspecified atom stereocenters. The molecule has 0 spiro atoms. The highest BCUT2D eigenvalue weighted by atomic mass is 16.5. The van der Waals surface area contributed by atoms with Gasteiger partial charge < -0.3 is 9.47 Å². The van der Waals surface area contributed by atoms with Crippen molar-refractivity contribution in [1.82, 2.24) is 5.43 Å². The average Bonchev–Trinajstić information content (AvgIpc) is 2.38. The Balaban J connectivity index is 2.43. The molecule has 18 heavy (non-hydrogen) atoms. The lowest BCUT2D eigenvalue weighted by Gasteiger charge is -2.03. The van der Waals surface area contributed by atoms with Gasteiger partial charge in [-0.2, -0.15) is 5.10 Å². The fourth-order valence-corrected chi connectivity index (χ4v) is 1.19. The monoisotopic (exact) mass is 250 g/mol. The number of benzene rings is 1. The number of nitrogens with zero attached hydrogens (tertiary/aromatic N) is 1. The van der Waals surface area contributed by atoms with Crippen LogP contribution in [0, 0.1) is 0 Å². The second kappa shape index (κ2) is 8.11. The minimum Gasteiger partial charge on any atom is -0.494 e. The highest BCUT2D eigenvalue weighted by Crippen LogP contribution is 2.11. The van der Waals surface area contributed by atoms with Gasteiger partial charge in [-0.3, -0.25) is 0 Å². The molecule has 0 bridgehead atoms. The maximum Gasteiger partial charge on any atom is 0.427 e. The molecule has 1 aromatic rings. The fourth-order valence-electron chi connectivity index (χ4n) is 1.19. The molecule has 0 fully saturated rings. The SMILES string of the molecule is CCCOc1ccc(/C=N/NC(=O)OCC)cc1. The lowest BCUT2D eigenvalue weighted by Crippen LogP contribution is -2.18. The van der Waals surface area contributed by atoms with Crippen LogP contribution in [-0.4, -0.2) is 25.5 Å². The van der Waals surface area contributed by atoms with Crippen molar-refractivity contribution in [2.45, 2.75) is 20.3 Å². The second-order valence-corrected chi connectivity index (χ2v) is 3.51. The van der Waals surface area contributed by atoms with Crippen LogP contribution >= 0.6 is 0 Å². The van der Waals surface area contributed by atoms with Crippen molar-refractivity contribution < 1.29 is 14.3 Å². The quantitative estimate of drug-likeness (QED) is 0.623. The van der Waals surface area contributed by atoms with Gasteiger partial charge in [-0.1, -0.05) is 6.92 Å². The molecule has 98 valence electrons. The predicted octanol–water partition coefficient (Wildman–Crippen LogP) is 2.56. The Bertz CT molecular complexity index is 388. The van der Waals surface area contributed by atoms with E-state index >= 15 is 0 Å². The molecule has 5 heteroatoms. The van der Waals surface area contributed by atoms with Gasteiger partial charge in [0.1, 0.15) is 5.75 Å². The highest BCUT2D eigenvalue weighted by Gasteiger charge is 1.96. The molecule has 0 radical (unpaired) electrons. The van der Waals surface area contributed by atoms with E-state index in [2.05, 4.69) is 22.2 Å². The third kappa shape index (κ3) is 5.34. The Morgan fingerprint density at radius 2 is 2.06 bits per heavy atom. The first-order chi connectivity index (χ1) is 8.76. The van der Waals surface area contributed by atoms with Gasteiger partial charge in [0, 0.05) is 0 Å². The summed E-state index contributed by atoms with van der Waals surface area (Å²) in [5, 5.41) is 3.76. The maximum atomic E-state index is 10.9. The summed E-state index contributed by atoms with van der Waals surface area (Å²) in [6.45, 7) is 4.82. The standard InChI is InChI=1S/C13H18N2O3/c1-3-9-18-12-7-5-11(6-8-12)10-14-15-13(16)17-4-2/h5-8,10H,3-4,9H2,1-2H3,(H,15,16)/b14-10+. The summed E-state index contributed by atoms with van der Waals surface area (Å²) < 4.78 is 10.1. The van der Waals surface area contributed by atoms with Gasteiger partial charge in [-0.15, -0.1) is 0 Å². The minimum absolute atomic E-state index is 0.324. The lowest BCUT2D eigenvalue weighted by atomic mass is 10.2. The smallest absolute Gasteiger partial charge is 0.427 e. The van der Waals surface area contributed by atoms with Crippen LogP contribution in [0.5, 0.6) is 5.75 Å². The van der Waals surface area contributed by atoms with Gasteiger partial charge >= 0.3 is 6.09 Å². The summed E-state index contributed by atoms with van der Waals surface area (Å²) in [6, 6.07) is 7.45. The summed E-state index contributed by atoms with van der Waals surface area (Å²) in [7, 11) is 0. The Hall–Kier alpha value is -2.04. The molecule has 0 aromatic heterocycles. The number of hydrogen-bond acceptors (Lipinski definition) is 4. The van der Waals surface area contributed by atoms with Gasteiger partial charge in [0.25, 0.3) is 0 Å². The molecule has 0 aliphatic rings. The number of ether oxygens (including phenoxy) is 2. The predicted molar refractivity (Wildman–Crippen MR) is 70.0 cm³/mol. The number of carbonyl (C=O) groups is 1. The summed E-state index contributed by atoms with van der Waals surface area (Å²) in [4.78, 5) is 10.9. The summed E-state index contributed by atoms with van der Waals surface area (Å²) in [5.74, 6) is 0.826. The Labute approximate surface area is 107 Å². The first-order valence-corrected chi connectivity index (χ1v) is 5.95. The molecule has 0 atom stereocenters. The molecular weight excluding hydrogens is 232 g/mol. The van der Waals surface area contributed by atoms with E-state index in [4.69, 9.17) is 4.74 Å². The van der Waals surface area contributed by atoms with E-state index in [1.807, 2.05) is 24.3 Å². The summed E-state index contributed by atoms with van der Waals surface area (Å²) in [5.41, 5.74) is 3.13. The van der Waals surface area contributed by atoms with E-state index in [1.54, 1.807) is 13.1 Å². The van der Waals surface area contributed by atoms with Crippen molar-refractivity contribution in [2.24, 2.45) is 5.10 Å². The number of hydrazone groups is 1. The third-order valence-corrected chi connectivity index (χ3v) is 2.00. The third-order valence-electron chi connectivity index (χ3n) is 2.00. The van der Waals surface area contributed by atoms with Gasteiger partial charge in [-0.05, 0) is 43.2 Å². The van der Waals surface area contributed by atoms with Crippen LogP contribution in [0.2, 0.25) is 0 Å². The van der Waals surface area contributed by atoms with Crippen LogP contribution in [-0.2, 0) is 4.74 Å². The van der Waals surface area contributed by atoms with Crippen LogP contribution in [0.4, 0.5) is 4.79 Å². The number of amides is 1. The first-order valence-electron chi connectivity index (χ1n) is 5.95. The van der Waals surface area contributed by atoms with Gasteiger partial charge in [-0.25, -0.2) is 10.2 Å². The molecular formula is C13H18N2O3. The molecule has 0 heterocycles. The molecule has 0 aliphatic carbocycles. The largest absolute Gasteiger partial charge is 0.494 e. The van der Waals surface area contributed by atoms with E-state index in [1.165, 1.54) is 0 Å². The topological polar surface area (TPSA) is 59.9 Å². The van der Waals surface area contributed by atoms with Crippen molar-refractivity contribution in [3.63, 3.8) is 0 Å². The second-order valence-electron chi connectivity index (χ2n) is 3.51. The average molecular weight is 250 g/mol. The Kier molecular flexibility index (Phi) is 6.32. The first kappa shape index (κ1) is 14.0. The molecule has 0 saturated heterocycles. The van der Waals surface area contributed by atoms with E-state index < -0.39 is 6.09 Å². The molecule has 1 amide bonds. The van der Waals surface area contributed by atoms with Crippen LogP contribution in [0.3, 0.4) is 0 Å². The number of nitrogens with one attached hydrogen (secondary N) is 1. The minimum atomic E-state index is -0.559. The van der Waals surface area contributed by atoms with Crippen LogP contribution in [0.25, 0.3) is 0 Å². The van der Waals surface area contributed by atoms with Crippen LogP contribution < -0.4 is 10.2 Å². The van der Waals surface area contributed by atoms with E-state index in [-0.39, 0.29) is 0 Å². The fraction of sp³-hybridized carbons (Fsp3) is 0.385. The van der Waals surface area contributed by atoms with Gasteiger partial charge in [0.15, 0.2) is 0 Å². The van der Waals surface area contributed by atoms with Crippen molar-refractivity contribution >= 4 is 12.3 Å². The molecule has 1 aromatic carbocycles. The molecule has 0 saturated carbocycles. The normalized spacial score (nSPS) is 10.3. The Morgan fingerprint density at radius 1 is 1.33 bits per heavy atom.